The molecule has 13 heavy (non-hydrogen) atoms. The number of hydrogen-bond acceptors (Lipinski definition) is 2. The second kappa shape index (κ2) is 4.23. The Bertz CT molecular complexity index is 344. The van der Waals surface area contributed by atoms with Crippen LogP contribution in [0, 0.1) is 0 Å². The minimum atomic E-state index is -2.75. The Morgan fingerprint density at radius 1 is 1.46 bits per heavy atom. The molecule has 0 aliphatic heterocycles. The molecular formula is C7H3Br2F2NO. The van der Waals surface area contributed by atoms with E-state index in [0.29, 0.717) is 15.2 Å². The van der Waals surface area contributed by atoms with Gasteiger partial charge in [-0.25, -0.2) is 8.78 Å². The summed E-state index contributed by atoms with van der Waals surface area (Å²) in [5, 5.41) is 0. The maximum Gasteiger partial charge on any atom is 0.281 e. The van der Waals surface area contributed by atoms with Gasteiger partial charge in [-0.15, -0.1) is 0 Å². The second-order valence-electron chi connectivity index (χ2n) is 2.14. The first-order valence-corrected chi connectivity index (χ1v) is 4.73. The maximum absolute atomic E-state index is 12.3. The van der Waals surface area contributed by atoms with Gasteiger partial charge in [0.05, 0.1) is 10.0 Å². The van der Waals surface area contributed by atoms with Crippen LogP contribution in [-0.2, 0) is 0 Å². The number of alkyl halides is 2. The molecule has 0 aliphatic rings. The van der Waals surface area contributed by atoms with Gasteiger partial charge in [-0.1, -0.05) is 0 Å². The van der Waals surface area contributed by atoms with Gasteiger partial charge in [0.2, 0.25) is 0 Å². The summed E-state index contributed by atoms with van der Waals surface area (Å²) in [6.45, 7) is 0. The maximum atomic E-state index is 12.3. The Labute approximate surface area is 89.6 Å². The van der Waals surface area contributed by atoms with Crippen LogP contribution in [0.2, 0.25) is 0 Å². The SMILES string of the molecule is O=Cc1c(C(F)F)ncc(Br)c1Br. The van der Waals surface area contributed by atoms with E-state index in [1.165, 1.54) is 6.20 Å². The van der Waals surface area contributed by atoms with Crippen LogP contribution in [0.5, 0.6) is 0 Å². The van der Waals surface area contributed by atoms with Gasteiger partial charge < -0.3 is 0 Å². The molecule has 0 saturated heterocycles. The van der Waals surface area contributed by atoms with Crippen molar-refractivity contribution >= 4 is 38.1 Å². The lowest BCUT2D eigenvalue weighted by Crippen LogP contribution is -1.98. The van der Waals surface area contributed by atoms with Crippen LogP contribution in [0.15, 0.2) is 15.1 Å². The Balaban J connectivity index is 3.38. The van der Waals surface area contributed by atoms with Gasteiger partial charge in [0.1, 0.15) is 5.69 Å². The molecule has 0 spiro atoms. The van der Waals surface area contributed by atoms with Crippen molar-refractivity contribution in [2.75, 3.05) is 0 Å². The highest BCUT2D eigenvalue weighted by Gasteiger charge is 2.18. The van der Waals surface area contributed by atoms with E-state index >= 15 is 0 Å². The first-order chi connectivity index (χ1) is 6.07. The van der Waals surface area contributed by atoms with Crippen molar-refractivity contribution in [2.24, 2.45) is 0 Å². The molecule has 0 amide bonds. The van der Waals surface area contributed by atoms with Crippen molar-refractivity contribution in [3.8, 4) is 0 Å². The zero-order valence-corrected chi connectivity index (χ0v) is 9.27. The number of carbonyl (C=O) groups excluding carboxylic acids is 1. The Morgan fingerprint density at radius 3 is 2.54 bits per heavy atom. The number of nitrogens with zero attached hydrogens (tertiary/aromatic N) is 1. The van der Waals surface area contributed by atoms with E-state index in [2.05, 4.69) is 36.8 Å². The molecule has 0 radical (unpaired) electrons. The largest absolute Gasteiger partial charge is 0.298 e. The topological polar surface area (TPSA) is 30.0 Å². The Hall–Kier alpha value is -0.360. The molecule has 0 fully saturated rings. The third kappa shape index (κ3) is 2.11. The molecule has 0 unspecified atom stereocenters. The van der Waals surface area contributed by atoms with Crippen molar-refractivity contribution in [1.29, 1.82) is 0 Å². The zero-order chi connectivity index (χ0) is 10.0. The summed E-state index contributed by atoms with van der Waals surface area (Å²) in [4.78, 5) is 13.9. The number of pyridine rings is 1. The zero-order valence-electron chi connectivity index (χ0n) is 6.10. The van der Waals surface area contributed by atoms with Gasteiger partial charge in [0.15, 0.2) is 6.29 Å². The highest BCUT2D eigenvalue weighted by atomic mass is 79.9. The summed E-state index contributed by atoms with van der Waals surface area (Å²) in [5.41, 5.74) is -0.630. The molecule has 1 aromatic rings. The number of carbonyl (C=O) groups is 1. The molecule has 2 nitrogen and oxygen atoms in total. The normalized spacial score (nSPS) is 10.5. The number of halogens is 4. The summed E-state index contributed by atoms with van der Waals surface area (Å²) < 4.78 is 25.3. The van der Waals surface area contributed by atoms with Gasteiger partial charge in [-0.2, -0.15) is 0 Å². The van der Waals surface area contributed by atoms with Gasteiger partial charge in [0, 0.05) is 10.7 Å². The fourth-order valence-electron chi connectivity index (χ4n) is 0.780. The number of aldehydes is 1. The van der Waals surface area contributed by atoms with E-state index in [9.17, 15) is 13.6 Å². The fraction of sp³-hybridized carbons (Fsp3) is 0.143. The van der Waals surface area contributed by atoms with E-state index in [1.807, 2.05) is 0 Å². The number of hydrogen-bond donors (Lipinski definition) is 0. The van der Waals surface area contributed by atoms with Crippen molar-refractivity contribution in [1.82, 2.24) is 4.98 Å². The summed E-state index contributed by atoms with van der Waals surface area (Å²) >= 11 is 6.06. The number of aromatic nitrogens is 1. The predicted octanol–water partition coefficient (Wildman–Crippen LogP) is 3.36. The van der Waals surface area contributed by atoms with E-state index in [-0.39, 0.29) is 5.56 Å². The highest BCUT2D eigenvalue weighted by Crippen LogP contribution is 2.30. The third-order valence-electron chi connectivity index (χ3n) is 1.36. The molecule has 0 saturated carbocycles. The monoisotopic (exact) mass is 313 g/mol. The molecular weight excluding hydrogens is 312 g/mol. The first-order valence-electron chi connectivity index (χ1n) is 3.15. The molecule has 0 aromatic carbocycles. The molecule has 0 aliphatic carbocycles. The third-order valence-corrected chi connectivity index (χ3v) is 3.35. The molecule has 70 valence electrons. The van der Waals surface area contributed by atoms with Crippen LogP contribution >= 0.6 is 31.9 Å². The van der Waals surface area contributed by atoms with E-state index in [0.717, 1.165) is 0 Å². The van der Waals surface area contributed by atoms with Gasteiger partial charge in [-0.05, 0) is 31.9 Å². The molecule has 0 N–H and O–H groups in total. The molecule has 1 rings (SSSR count). The molecule has 0 bridgehead atoms. The van der Waals surface area contributed by atoms with Crippen LogP contribution < -0.4 is 0 Å². The van der Waals surface area contributed by atoms with Crippen LogP contribution in [0.1, 0.15) is 22.5 Å². The molecule has 6 heteroatoms. The second-order valence-corrected chi connectivity index (χ2v) is 3.78. The van der Waals surface area contributed by atoms with Gasteiger partial charge in [0.25, 0.3) is 6.43 Å². The van der Waals surface area contributed by atoms with Crippen LogP contribution in [-0.4, -0.2) is 11.3 Å². The standard InChI is InChI=1S/C7H3Br2F2NO/c8-4-1-12-6(7(10)11)3(2-13)5(4)9/h1-2,7H. The van der Waals surface area contributed by atoms with Crippen molar-refractivity contribution in [2.45, 2.75) is 6.43 Å². The van der Waals surface area contributed by atoms with Crippen LogP contribution in [0.3, 0.4) is 0 Å². The quantitative estimate of drug-likeness (QED) is 0.784. The highest BCUT2D eigenvalue weighted by molar-refractivity contribution is 9.13. The molecule has 1 aromatic heterocycles. The van der Waals surface area contributed by atoms with Gasteiger partial charge >= 0.3 is 0 Å². The van der Waals surface area contributed by atoms with E-state index in [4.69, 9.17) is 0 Å². The lowest BCUT2D eigenvalue weighted by Gasteiger charge is -2.05. The summed E-state index contributed by atoms with van der Waals surface area (Å²) in [5.74, 6) is 0. The van der Waals surface area contributed by atoms with Crippen molar-refractivity contribution in [3.05, 3.63) is 26.4 Å². The number of rotatable bonds is 2. The lowest BCUT2D eigenvalue weighted by atomic mass is 10.2. The minimum absolute atomic E-state index is 0.121. The van der Waals surface area contributed by atoms with Crippen molar-refractivity contribution < 1.29 is 13.6 Å². The minimum Gasteiger partial charge on any atom is -0.298 e. The first kappa shape index (κ1) is 10.7. The Morgan fingerprint density at radius 2 is 2.08 bits per heavy atom. The lowest BCUT2D eigenvalue weighted by molar-refractivity contribution is 0.110. The summed E-state index contributed by atoms with van der Waals surface area (Å²) in [7, 11) is 0. The summed E-state index contributed by atoms with van der Waals surface area (Å²) in [6, 6.07) is 0. The average Bonchev–Trinajstić information content (AvgIpc) is 2.09. The van der Waals surface area contributed by atoms with E-state index < -0.39 is 12.1 Å². The van der Waals surface area contributed by atoms with Crippen LogP contribution in [0.25, 0.3) is 0 Å². The molecule has 0 atom stereocenters. The average molecular weight is 315 g/mol. The van der Waals surface area contributed by atoms with Gasteiger partial charge in [-0.3, -0.25) is 9.78 Å². The fourth-order valence-corrected chi connectivity index (χ4v) is 1.49. The van der Waals surface area contributed by atoms with Crippen molar-refractivity contribution in [3.63, 3.8) is 0 Å². The predicted molar refractivity (Wildman–Crippen MR) is 50.0 cm³/mol. The summed E-state index contributed by atoms with van der Waals surface area (Å²) in [6.07, 6.45) is -1.17. The van der Waals surface area contributed by atoms with E-state index in [1.54, 1.807) is 0 Å². The Kier molecular flexibility index (Phi) is 3.49. The molecule has 1 heterocycles. The smallest absolute Gasteiger partial charge is 0.281 e. The van der Waals surface area contributed by atoms with Crippen LogP contribution in [0.4, 0.5) is 8.78 Å².